The summed E-state index contributed by atoms with van der Waals surface area (Å²) in [5, 5.41) is 11.7. The molecule has 1 aromatic carbocycles. The summed E-state index contributed by atoms with van der Waals surface area (Å²) in [6.45, 7) is 11.4. The number of nitrogens with one attached hydrogen (secondary N) is 1. The number of carboxylic acid groups (broad SMARTS) is 1. The smallest absolute Gasteiger partial charge is 0.317 e. The zero-order chi connectivity index (χ0) is 14.6. The number of rotatable bonds is 6. The fourth-order valence-corrected chi connectivity index (χ4v) is 2.31. The van der Waals surface area contributed by atoms with Gasteiger partial charge in [0.1, 0.15) is 0 Å². The minimum atomic E-state index is -0.816. The first kappa shape index (κ1) is 15.7. The van der Waals surface area contributed by atoms with E-state index in [1.165, 1.54) is 16.7 Å². The summed E-state index contributed by atoms with van der Waals surface area (Å²) in [6.07, 6.45) is 0. The van der Waals surface area contributed by atoms with E-state index in [-0.39, 0.29) is 12.0 Å². The summed E-state index contributed by atoms with van der Waals surface area (Å²) < 4.78 is 0. The molecule has 0 saturated heterocycles. The molecule has 0 amide bonds. The first-order valence-electron chi connectivity index (χ1n) is 6.77. The van der Waals surface area contributed by atoms with Crippen molar-refractivity contribution >= 4 is 5.97 Å². The van der Waals surface area contributed by atoms with Crippen molar-refractivity contribution in [3.8, 4) is 0 Å². The van der Waals surface area contributed by atoms with Gasteiger partial charge in [-0.05, 0) is 29.5 Å². The second kappa shape index (κ2) is 6.20. The van der Waals surface area contributed by atoms with Crippen LogP contribution in [0.3, 0.4) is 0 Å². The van der Waals surface area contributed by atoms with Gasteiger partial charge in [0.15, 0.2) is 0 Å². The predicted molar refractivity (Wildman–Crippen MR) is 78.8 cm³/mol. The molecule has 106 valence electrons. The number of carbonyl (C=O) groups is 1. The van der Waals surface area contributed by atoms with Crippen LogP contribution in [0.2, 0.25) is 0 Å². The normalized spacial score (nSPS) is 11.9. The maximum absolute atomic E-state index is 10.6. The van der Waals surface area contributed by atoms with Gasteiger partial charge in [-0.3, -0.25) is 4.79 Å². The molecule has 0 unspecified atom stereocenters. The van der Waals surface area contributed by atoms with E-state index in [1.807, 2.05) is 0 Å². The summed E-state index contributed by atoms with van der Waals surface area (Å²) >= 11 is 0. The van der Waals surface area contributed by atoms with E-state index >= 15 is 0 Å². The lowest BCUT2D eigenvalue weighted by molar-refractivity contribution is -0.136. The molecule has 0 radical (unpaired) electrons. The molecule has 0 aliphatic rings. The molecule has 0 aliphatic heterocycles. The minimum Gasteiger partial charge on any atom is -0.480 e. The maximum Gasteiger partial charge on any atom is 0.317 e. The zero-order valence-corrected chi connectivity index (χ0v) is 12.6. The number of carboxylic acids is 1. The van der Waals surface area contributed by atoms with Crippen molar-refractivity contribution in [2.75, 3.05) is 13.1 Å². The van der Waals surface area contributed by atoms with Crippen LogP contribution in [0.4, 0.5) is 0 Å². The van der Waals surface area contributed by atoms with Gasteiger partial charge in [-0.1, -0.05) is 45.9 Å². The highest BCUT2D eigenvalue weighted by molar-refractivity contribution is 5.69. The molecule has 0 heterocycles. The van der Waals surface area contributed by atoms with Crippen molar-refractivity contribution in [2.24, 2.45) is 0 Å². The van der Waals surface area contributed by atoms with Crippen LogP contribution in [0.5, 0.6) is 0 Å². The molecule has 0 spiro atoms. The highest BCUT2D eigenvalue weighted by Crippen LogP contribution is 2.28. The van der Waals surface area contributed by atoms with Crippen LogP contribution in [-0.2, 0) is 10.2 Å². The Hall–Kier alpha value is -1.35. The zero-order valence-electron chi connectivity index (χ0n) is 12.6. The van der Waals surface area contributed by atoms with Gasteiger partial charge in [-0.15, -0.1) is 0 Å². The van der Waals surface area contributed by atoms with Crippen LogP contribution >= 0.6 is 0 Å². The molecule has 1 rings (SSSR count). The third kappa shape index (κ3) is 4.35. The Balaban J connectivity index is 2.92. The average Bonchev–Trinajstić information content (AvgIpc) is 2.28. The van der Waals surface area contributed by atoms with E-state index in [0.29, 0.717) is 12.5 Å². The van der Waals surface area contributed by atoms with Gasteiger partial charge in [0.05, 0.1) is 6.54 Å². The second-order valence-corrected chi connectivity index (χ2v) is 6.11. The van der Waals surface area contributed by atoms with E-state index in [0.717, 1.165) is 0 Å². The van der Waals surface area contributed by atoms with Gasteiger partial charge < -0.3 is 10.4 Å². The molecule has 0 saturated carbocycles. The van der Waals surface area contributed by atoms with E-state index in [2.05, 4.69) is 58.1 Å². The van der Waals surface area contributed by atoms with Crippen LogP contribution in [-0.4, -0.2) is 24.2 Å². The lowest BCUT2D eigenvalue weighted by Crippen LogP contribution is -2.36. The maximum atomic E-state index is 10.6. The largest absolute Gasteiger partial charge is 0.480 e. The van der Waals surface area contributed by atoms with Gasteiger partial charge in [0, 0.05) is 12.0 Å². The Kier molecular flexibility index (Phi) is 5.12. The molecule has 2 N–H and O–H groups in total. The van der Waals surface area contributed by atoms with E-state index in [4.69, 9.17) is 5.11 Å². The Morgan fingerprint density at radius 2 is 2.00 bits per heavy atom. The molecule has 19 heavy (non-hydrogen) atoms. The topological polar surface area (TPSA) is 49.3 Å². The molecule has 0 atom stereocenters. The second-order valence-electron chi connectivity index (χ2n) is 6.11. The van der Waals surface area contributed by atoms with Gasteiger partial charge in [-0.2, -0.15) is 0 Å². The fraction of sp³-hybridized carbons (Fsp3) is 0.562. The van der Waals surface area contributed by atoms with Crippen LogP contribution in [0.15, 0.2) is 18.2 Å². The van der Waals surface area contributed by atoms with Crippen LogP contribution in [0, 0.1) is 6.92 Å². The third-order valence-corrected chi connectivity index (χ3v) is 3.50. The van der Waals surface area contributed by atoms with Crippen molar-refractivity contribution < 1.29 is 9.90 Å². The highest BCUT2D eigenvalue weighted by atomic mass is 16.4. The molecule has 3 nitrogen and oxygen atoms in total. The molecule has 1 aromatic rings. The van der Waals surface area contributed by atoms with E-state index in [9.17, 15) is 4.79 Å². The molecule has 3 heteroatoms. The SMILES string of the molecule is Cc1ccc(C(C)C)cc1C(C)(C)CNCC(=O)O. The van der Waals surface area contributed by atoms with Gasteiger partial charge in [-0.25, -0.2) is 0 Å². The Bertz CT molecular complexity index is 450. The highest BCUT2D eigenvalue weighted by Gasteiger charge is 2.23. The first-order valence-corrected chi connectivity index (χ1v) is 6.77. The minimum absolute atomic E-state index is 0.00630. The van der Waals surface area contributed by atoms with Crippen molar-refractivity contribution in [1.29, 1.82) is 0 Å². The van der Waals surface area contributed by atoms with E-state index < -0.39 is 5.97 Å². The van der Waals surface area contributed by atoms with Crippen molar-refractivity contribution in [3.63, 3.8) is 0 Å². The monoisotopic (exact) mass is 263 g/mol. The molecule has 0 bridgehead atoms. The summed E-state index contributed by atoms with van der Waals surface area (Å²) in [5.74, 6) is -0.314. The lowest BCUT2D eigenvalue weighted by atomic mass is 9.80. The van der Waals surface area contributed by atoms with Gasteiger partial charge in [0.25, 0.3) is 0 Å². The number of aliphatic carboxylic acids is 1. The van der Waals surface area contributed by atoms with Crippen molar-refractivity contribution in [2.45, 2.75) is 46.0 Å². The first-order chi connectivity index (χ1) is 8.74. The van der Waals surface area contributed by atoms with Gasteiger partial charge in [0.2, 0.25) is 0 Å². The lowest BCUT2D eigenvalue weighted by Gasteiger charge is -2.28. The standard InChI is InChI=1S/C16H25NO2/c1-11(2)13-7-6-12(3)14(8-13)16(4,5)10-17-9-15(18)19/h6-8,11,17H,9-10H2,1-5H3,(H,18,19). The Morgan fingerprint density at radius 1 is 1.37 bits per heavy atom. The van der Waals surface area contributed by atoms with Crippen molar-refractivity contribution in [3.05, 3.63) is 34.9 Å². The molecule has 0 aliphatic carbocycles. The van der Waals surface area contributed by atoms with Crippen LogP contribution in [0.1, 0.15) is 50.3 Å². The number of aryl methyl sites for hydroxylation is 1. The number of hydrogen-bond acceptors (Lipinski definition) is 2. The molecule has 0 aromatic heterocycles. The summed E-state index contributed by atoms with van der Waals surface area (Å²) in [6, 6.07) is 6.58. The molecule has 0 fully saturated rings. The van der Waals surface area contributed by atoms with E-state index in [1.54, 1.807) is 0 Å². The van der Waals surface area contributed by atoms with Crippen molar-refractivity contribution in [1.82, 2.24) is 5.32 Å². The Labute approximate surface area is 116 Å². The third-order valence-electron chi connectivity index (χ3n) is 3.50. The summed E-state index contributed by atoms with van der Waals surface area (Å²) in [5.41, 5.74) is 3.79. The number of hydrogen-bond donors (Lipinski definition) is 2. The van der Waals surface area contributed by atoms with Gasteiger partial charge >= 0.3 is 5.97 Å². The number of benzene rings is 1. The van der Waals surface area contributed by atoms with Crippen LogP contribution < -0.4 is 5.32 Å². The Morgan fingerprint density at radius 3 is 2.53 bits per heavy atom. The fourth-order valence-electron chi connectivity index (χ4n) is 2.31. The summed E-state index contributed by atoms with van der Waals surface area (Å²) in [7, 11) is 0. The quantitative estimate of drug-likeness (QED) is 0.829. The summed E-state index contributed by atoms with van der Waals surface area (Å²) in [4.78, 5) is 10.6. The molecular formula is C16H25NO2. The molecular weight excluding hydrogens is 238 g/mol. The predicted octanol–water partition coefficient (Wildman–Crippen LogP) is 3.07. The van der Waals surface area contributed by atoms with Crippen LogP contribution in [0.25, 0.3) is 0 Å². The average molecular weight is 263 g/mol.